The Labute approximate surface area is 160 Å². The second kappa shape index (κ2) is 8.02. The zero-order valence-electron chi connectivity index (χ0n) is 14.4. The number of amides is 1. The van der Waals surface area contributed by atoms with Crippen LogP contribution in [0.2, 0.25) is 5.02 Å². The van der Waals surface area contributed by atoms with Crippen molar-refractivity contribution in [3.05, 3.63) is 62.1 Å². The van der Waals surface area contributed by atoms with Gasteiger partial charge < -0.3 is 10.1 Å². The second-order valence-corrected chi connectivity index (χ2v) is 7.26. The Bertz CT molecular complexity index is 812. The van der Waals surface area contributed by atoms with Gasteiger partial charge in [0, 0.05) is 10.2 Å². The highest BCUT2D eigenvalue weighted by atomic mass is 79.9. The molecule has 0 saturated carbocycles. The largest absolute Gasteiger partial charge is 0.449 e. The summed E-state index contributed by atoms with van der Waals surface area (Å²) < 4.78 is 5.95. The molecule has 0 aliphatic rings. The number of hydrogen-bond acceptors (Lipinski definition) is 3. The minimum atomic E-state index is -0.956. The zero-order chi connectivity index (χ0) is 18.7. The summed E-state index contributed by atoms with van der Waals surface area (Å²) in [6.45, 7) is 7.37. The van der Waals surface area contributed by atoms with E-state index in [1.54, 1.807) is 18.2 Å². The van der Waals surface area contributed by atoms with Crippen molar-refractivity contribution in [1.29, 1.82) is 0 Å². The molecule has 2 aromatic carbocycles. The molecule has 1 unspecified atom stereocenters. The SMILES string of the molecule is Cc1cc(C)c(NC(=O)C(C)OC(=O)c2cc(Br)ccc2Cl)c(C)c1. The summed E-state index contributed by atoms with van der Waals surface area (Å²) in [5.41, 5.74) is 3.98. The molecule has 6 heteroatoms. The number of nitrogens with one attached hydrogen (secondary N) is 1. The van der Waals surface area contributed by atoms with E-state index in [1.165, 1.54) is 6.92 Å². The molecule has 132 valence electrons. The van der Waals surface area contributed by atoms with Crippen LogP contribution in [0.1, 0.15) is 34.0 Å². The van der Waals surface area contributed by atoms with Crippen LogP contribution in [0, 0.1) is 20.8 Å². The van der Waals surface area contributed by atoms with E-state index in [0.717, 1.165) is 22.4 Å². The Morgan fingerprint density at radius 1 is 1.12 bits per heavy atom. The molecule has 0 aliphatic carbocycles. The first kappa shape index (κ1) is 19.5. The zero-order valence-corrected chi connectivity index (χ0v) is 16.8. The number of hydrogen-bond donors (Lipinski definition) is 1. The highest BCUT2D eigenvalue weighted by Crippen LogP contribution is 2.24. The van der Waals surface area contributed by atoms with Gasteiger partial charge in [0.25, 0.3) is 5.91 Å². The summed E-state index contributed by atoms with van der Waals surface area (Å²) in [5.74, 6) is -1.04. The first-order valence-electron chi connectivity index (χ1n) is 7.73. The Morgan fingerprint density at radius 2 is 1.72 bits per heavy atom. The van der Waals surface area contributed by atoms with Crippen molar-refractivity contribution in [3.8, 4) is 0 Å². The maximum absolute atomic E-state index is 12.4. The summed E-state index contributed by atoms with van der Waals surface area (Å²) in [7, 11) is 0. The fourth-order valence-electron chi connectivity index (χ4n) is 2.53. The molecule has 2 aromatic rings. The monoisotopic (exact) mass is 423 g/mol. The van der Waals surface area contributed by atoms with E-state index in [2.05, 4.69) is 21.2 Å². The lowest BCUT2D eigenvalue weighted by atomic mass is 10.0. The van der Waals surface area contributed by atoms with Crippen molar-refractivity contribution < 1.29 is 14.3 Å². The van der Waals surface area contributed by atoms with E-state index in [1.807, 2.05) is 32.9 Å². The van der Waals surface area contributed by atoms with E-state index in [-0.39, 0.29) is 10.6 Å². The van der Waals surface area contributed by atoms with Crippen LogP contribution >= 0.6 is 27.5 Å². The number of rotatable bonds is 4. The van der Waals surface area contributed by atoms with Gasteiger partial charge in [0.2, 0.25) is 0 Å². The minimum Gasteiger partial charge on any atom is -0.449 e. The lowest BCUT2D eigenvalue weighted by Gasteiger charge is -2.17. The molecule has 0 aliphatic heterocycles. The van der Waals surface area contributed by atoms with Crippen molar-refractivity contribution in [1.82, 2.24) is 0 Å². The van der Waals surface area contributed by atoms with E-state index >= 15 is 0 Å². The van der Waals surface area contributed by atoms with Crippen LogP contribution in [0.4, 0.5) is 5.69 Å². The highest BCUT2D eigenvalue weighted by molar-refractivity contribution is 9.10. The number of ether oxygens (including phenoxy) is 1. The average molecular weight is 425 g/mol. The predicted molar refractivity (Wildman–Crippen MR) is 103 cm³/mol. The van der Waals surface area contributed by atoms with E-state index in [4.69, 9.17) is 16.3 Å². The molecule has 0 bridgehead atoms. The highest BCUT2D eigenvalue weighted by Gasteiger charge is 2.22. The van der Waals surface area contributed by atoms with Gasteiger partial charge in [-0.2, -0.15) is 0 Å². The van der Waals surface area contributed by atoms with Crippen molar-refractivity contribution in [2.24, 2.45) is 0 Å². The molecule has 1 atom stereocenters. The van der Waals surface area contributed by atoms with Crippen molar-refractivity contribution >= 4 is 45.1 Å². The van der Waals surface area contributed by atoms with Gasteiger partial charge in [-0.25, -0.2) is 4.79 Å². The fourth-order valence-corrected chi connectivity index (χ4v) is 3.09. The third-order valence-corrected chi connectivity index (χ3v) is 4.55. The quantitative estimate of drug-likeness (QED) is 0.685. The molecule has 0 radical (unpaired) electrons. The van der Waals surface area contributed by atoms with Gasteiger partial charge in [-0.3, -0.25) is 4.79 Å². The van der Waals surface area contributed by atoms with Crippen LogP contribution < -0.4 is 5.32 Å². The fraction of sp³-hybridized carbons (Fsp3) is 0.263. The molecule has 0 heterocycles. The molecule has 2 rings (SSSR count). The topological polar surface area (TPSA) is 55.4 Å². The Kier molecular flexibility index (Phi) is 6.25. The second-order valence-electron chi connectivity index (χ2n) is 5.93. The van der Waals surface area contributed by atoms with Crippen LogP contribution in [0.15, 0.2) is 34.8 Å². The number of aryl methyl sites for hydroxylation is 3. The first-order valence-corrected chi connectivity index (χ1v) is 8.91. The molecule has 0 fully saturated rings. The van der Waals surface area contributed by atoms with Gasteiger partial charge in [-0.05, 0) is 57.0 Å². The van der Waals surface area contributed by atoms with Gasteiger partial charge >= 0.3 is 5.97 Å². The molecule has 0 spiro atoms. The standard InChI is InChI=1S/C19H19BrClNO3/c1-10-7-11(2)17(12(3)8-10)22-18(23)13(4)25-19(24)15-9-14(20)5-6-16(15)21/h5-9,13H,1-4H3,(H,22,23). The van der Waals surface area contributed by atoms with Gasteiger partial charge in [-0.15, -0.1) is 0 Å². The average Bonchev–Trinajstić information content (AvgIpc) is 2.52. The number of benzene rings is 2. The van der Waals surface area contributed by atoms with Crippen molar-refractivity contribution in [3.63, 3.8) is 0 Å². The summed E-state index contributed by atoms with van der Waals surface area (Å²) in [5, 5.41) is 3.10. The van der Waals surface area contributed by atoms with Crippen LogP contribution in [0.5, 0.6) is 0 Å². The number of carbonyl (C=O) groups excluding carboxylic acids is 2. The van der Waals surface area contributed by atoms with Gasteiger partial charge in [-0.1, -0.05) is 45.2 Å². The molecule has 1 N–H and O–H groups in total. The summed E-state index contributed by atoms with van der Waals surface area (Å²) in [6.07, 6.45) is -0.956. The summed E-state index contributed by atoms with van der Waals surface area (Å²) in [6, 6.07) is 8.84. The number of esters is 1. The van der Waals surface area contributed by atoms with Gasteiger partial charge in [0.1, 0.15) is 0 Å². The van der Waals surface area contributed by atoms with Crippen molar-refractivity contribution in [2.45, 2.75) is 33.8 Å². The summed E-state index contributed by atoms with van der Waals surface area (Å²) >= 11 is 9.30. The smallest absolute Gasteiger partial charge is 0.340 e. The van der Waals surface area contributed by atoms with Crippen LogP contribution in [0.3, 0.4) is 0 Å². The van der Waals surface area contributed by atoms with E-state index in [9.17, 15) is 9.59 Å². The van der Waals surface area contributed by atoms with E-state index in [0.29, 0.717) is 4.47 Å². The summed E-state index contributed by atoms with van der Waals surface area (Å²) in [4.78, 5) is 24.6. The van der Waals surface area contributed by atoms with Crippen LogP contribution in [0.25, 0.3) is 0 Å². The minimum absolute atomic E-state index is 0.207. The van der Waals surface area contributed by atoms with Gasteiger partial charge in [0.15, 0.2) is 6.10 Å². The molecule has 0 aromatic heterocycles. The van der Waals surface area contributed by atoms with Crippen molar-refractivity contribution in [2.75, 3.05) is 5.32 Å². The number of halogens is 2. The normalized spacial score (nSPS) is 11.8. The Hall–Kier alpha value is -1.85. The number of anilines is 1. The Morgan fingerprint density at radius 3 is 2.32 bits per heavy atom. The van der Waals surface area contributed by atoms with E-state index < -0.39 is 18.0 Å². The maximum Gasteiger partial charge on any atom is 0.340 e. The van der Waals surface area contributed by atoms with Gasteiger partial charge in [0.05, 0.1) is 10.6 Å². The maximum atomic E-state index is 12.4. The van der Waals surface area contributed by atoms with Crippen LogP contribution in [-0.4, -0.2) is 18.0 Å². The molecular weight excluding hydrogens is 406 g/mol. The predicted octanol–water partition coefficient (Wildman–Crippen LogP) is 5.21. The molecule has 25 heavy (non-hydrogen) atoms. The lowest BCUT2D eigenvalue weighted by Crippen LogP contribution is -2.30. The Balaban J connectivity index is 2.10. The molecule has 4 nitrogen and oxygen atoms in total. The first-order chi connectivity index (χ1) is 11.7. The molecule has 0 saturated heterocycles. The molecular formula is C19H19BrClNO3. The lowest BCUT2D eigenvalue weighted by molar-refractivity contribution is -0.123. The number of carbonyl (C=O) groups is 2. The third kappa shape index (κ3) is 4.83. The third-order valence-electron chi connectivity index (χ3n) is 3.73. The van der Waals surface area contributed by atoms with Crippen LogP contribution in [-0.2, 0) is 9.53 Å². The molecule has 1 amide bonds.